The standard InChI is InChI=1S/C17H19O/c1-2-3-5-11-16-15(12-8-13-17(16)18)14-9-6-4-7-10-14/h4,6-10,12-13H,2-3,5,11H2,1H3. The highest BCUT2D eigenvalue weighted by molar-refractivity contribution is 5.69. The molecule has 1 heteroatoms. The lowest BCUT2D eigenvalue weighted by atomic mass is 9.95. The molecule has 0 aromatic heterocycles. The van der Waals surface area contributed by atoms with Crippen molar-refractivity contribution in [1.29, 1.82) is 0 Å². The summed E-state index contributed by atoms with van der Waals surface area (Å²) in [5, 5.41) is 12.0. The summed E-state index contributed by atoms with van der Waals surface area (Å²) in [6, 6.07) is 15.8. The zero-order chi connectivity index (χ0) is 12.8. The van der Waals surface area contributed by atoms with Crippen molar-refractivity contribution >= 4 is 0 Å². The molecule has 0 aliphatic carbocycles. The third-order valence-corrected chi connectivity index (χ3v) is 3.25. The highest BCUT2D eigenvalue weighted by atomic mass is 16.3. The first-order chi connectivity index (χ1) is 8.83. The van der Waals surface area contributed by atoms with Crippen molar-refractivity contribution in [3.05, 3.63) is 54.1 Å². The second kappa shape index (κ2) is 6.25. The fourth-order valence-electron chi connectivity index (χ4n) is 2.26. The molecule has 1 radical (unpaired) electrons. The number of hydrogen-bond donors (Lipinski definition) is 0. The Bertz CT molecular complexity index is 488. The van der Waals surface area contributed by atoms with Crippen molar-refractivity contribution < 1.29 is 5.11 Å². The molecular weight excluding hydrogens is 220 g/mol. The zero-order valence-electron chi connectivity index (χ0n) is 10.9. The topological polar surface area (TPSA) is 19.9 Å². The molecule has 0 saturated carbocycles. The fraction of sp³-hybridized carbons (Fsp3) is 0.294. The van der Waals surface area contributed by atoms with Crippen LogP contribution in [-0.4, -0.2) is 0 Å². The van der Waals surface area contributed by atoms with Crippen molar-refractivity contribution in [2.75, 3.05) is 0 Å². The molecule has 0 bridgehead atoms. The zero-order valence-corrected chi connectivity index (χ0v) is 10.9. The van der Waals surface area contributed by atoms with Crippen molar-refractivity contribution in [2.24, 2.45) is 0 Å². The Labute approximate surface area is 109 Å². The quantitative estimate of drug-likeness (QED) is 0.637. The number of rotatable bonds is 5. The molecule has 0 amide bonds. The van der Waals surface area contributed by atoms with Crippen LogP contribution in [0.5, 0.6) is 5.75 Å². The number of benzene rings is 2. The lowest BCUT2D eigenvalue weighted by molar-refractivity contribution is 0.349. The van der Waals surface area contributed by atoms with Gasteiger partial charge in [0.2, 0.25) is 0 Å². The van der Waals surface area contributed by atoms with Gasteiger partial charge in [0, 0.05) is 5.56 Å². The van der Waals surface area contributed by atoms with Crippen molar-refractivity contribution in [3.8, 4) is 16.9 Å². The van der Waals surface area contributed by atoms with E-state index in [2.05, 4.69) is 25.1 Å². The first kappa shape index (κ1) is 12.7. The predicted octanol–water partition coefficient (Wildman–Crippen LogP) is 5.23. The molecule has 0 spiro atoms. The lowest BCUT2D eigenvalue weighted by Crippen LogP contribution is -1.91. The summed E-state index contributed by atoms with van der Waals surface area (Å²) in [6.45, 7) is 2.18. The molecule has 18 heavy (non-hydrogen) atoms. The second-order valence-electron chi connectivity index (χ2n) is 4.61. The van der Waals surface area contributed by atoms with E-state index >= 15 is 0 Å². The van der Waals surface area contributed by atoms with Crippen LogP contribution in [0.25, 0.3) is 11.1 Å². The molecular formula is C17H19O. The van der Waals surface area contributed by atoms with Crippen LogP contribution in [0.15, 0.2) is 48.5 Å². The lowest BCUT2D eigenvalue weighted by Gasteiger charge is -2.10. The largest absolute Gasteiger partial charge is 0.290 e. The summed E-state index contributed by atoms with van der Waals surface area (Å²) < 4.78 is 0. The Morgan fingerprint density at radius 3 is 2.39 bits per heavy atom. The smallest absolute Gasteiger partial charge is 0.182 e. The van der Waals surface area contributed by atoms with E-state index in [0.717, 1.165) is 29.5 Å². The van der Waals surface area contributed by atoms with E-state index in [1.54, 1.807) is 6.07 Å². The van der Waals surface area contributed by atoms with Crippen LogP contribution in [0.1, 0.15) is 31.7 Å². The van der Waals surface area contributed by atoms with E-state index in [1.807, 2.05) is 24.3 Å². The summed E-state index contributed by atoms with van der Waals surface area (Å²) in [7, 11) is 0. The van der Waals surface area contributed by atoms with E-state index in [4.69, 9.17) is 0 Å². The van der Waals surface area contributed by atoms with E-state index in [9.17, 15) is 5.11 Å². The fourth-order valence-corrected chi connectivity index (χ4v) is 2.26. The average Bonchev–Trinajstić information content (AvgIpc) is 2.42. The Morgan fingerprint density at radius 2 is 1.67 bits per heavy atom. The average molecular weight is 239 g/mol. The van der Waals surface area contributed by atoms with Crippen LogP contribution in [0.4, 0.5) is 0 Å². The van der Waals surface area contributed by atoms with Crippen molar-refractivity contribution in [1.82, 2.24) is 0 Å². The van der Waals surface area contributed by atoms with Crippen LogP contribution in [0.2, 0.25) is 0 Å². The monoisotopic (exact) mass is 239 g/mol. The van der Waals surface area contributed by atoms with Gasteiger partial charge in [-0.3, -0.25) is 5.11 Å². The van der Waals surface area contributed by atoms with Gasteiger partial charge in [0.1, 0.15) is 0 Å². The van der Waals surface area contributed by atoms with Gasteiger partial charge in [-0.25, -0.2) is 0 Å². The van der Waals surface area contributed by atoms with Crippen molar-refractivity contribution in [2.45, 2.75) is 32.6 Å². The second-order valence-corrected chi connectivity index (χ2v) is 4.61. The molecule has 2 aromatic carbocycles. The summed E-state index contributed by atoms with van der Waals surface area (Å²) in [6.07, 6.45) is 4.34. The molecule has 93 valence electrons. The Balaban J connectivity index is 2.32. The first-order valence-electron chi connectivity index (χ1n) is 6.67. The van der Waals surface area contributed by atoms with Gasteiger partial charge in [-0.2, -0.15) is 0 Å². The molecule has 0 heterocycles. The first-order valence-corrected chi connectivity index (χ1v) is 6.67. The summed E-state index contributed by atoms with van der Waals surface area (Å²) in [5.74, 6) is 0.174. The maximum absolute atomic E-state index is 12.0. The molecule has 0 unspecified atom stereocenters. The van der Waals surface area contributed by atoms with E-state index in [-0.39, 0.29) is 5.75 Å². The molecule has 0 fully saturated rings. The summed E-state index contributed by atoms with van der Waals surface area (Å²) >= 11 is 0. The van der Waals surface area contributed by atoms with Crippen LogP contribution in [0.3, 0.4) is 0 Å². The molecule has 0 aliphatic heterocycles. The minimum atomic E-state index is 0.174. The SMILES string of the molecule is CCCCCc1c([O])cccc1-c1ccccc1. The molecule has 2 rings (SSSR count). The third-order valence-electron chi connectivity index (χ3n) is 3.25. The van der Waals surface area contributed by atoms with Gasteiger partial charge in [-0.05, 0) is 30.0 Å². The molecule has 0 aliphatic rings. The van der Waals surface area contributed by atoms with E-state index in [1.165, 1.54) is 12.8 Å². The number of hydrogen-bond acceptors (Lipinski definition) is 0. The minimum absolute atomic E-state index is 0.174. The normalized spacial score (nSPS) is 10.5. The maximum Gasteiger partial charge on any atom is 0.182 e. The maximum atomic E-state index is 12.0. The summed E-state index contributed by atoms with van der Waals surface area (Å²) in [5.41, 5.74) is 3.21. The van der Waals surface area contributed by atoms with Crippen LogP contribution >= 0.6 is 0 Å². The van der Waals surface area contributed by atoms with Gasteiger partial charge in [0.15, 0.2) is 5.75 Å². The van der Waals surface area contributed by atoms with Gasteiger partial charge in [-0.15, -0.1) is 0 Å². The predicted molar refractivity (Wildman–Crippen MR) is 75.2 cm³/mol. The molecule has 0 N–H and O–H groups in total. The number of unbranched alkanes of at least 4 members (excludes halogenated alkanes) is 2. The molecule has 1 nitrogen and oxygen atoms in total. The van der Waals surface area contributed by atoms with Crippen LogP contribution in [-0.2, 0) is 11.5 Å². The van der Waals surface area contributed by atoms with E-state index < -0.39 is 0 Å². The molecule has 2 aromatic rings. The highest BCUT2D eigenvalue weighted by Gasteiger charge is 2.10. The van der Waals surface area contributed by atoms with Gasteiger partial charge >= 0.3 is 0 Å². The Morgan fingerprint density at radius 1 is 0.889 bits per heavy atom. The summed E-state index contributed by atoms with van der Waals surface area (Å²) in [4.78, 5) is 0. The Kier molecular flexibility index (Phi) is 4.40. The molecule has 0 atom stereocenters. The minimum Gasteiger partial charge on any atom is -0.290 e. The van der Waals surface area contributed by atoms with Gasteiger partial charge in [0.05, 0.1) is 0 Å². The van der Waals surface area contributed by atoms with Gasteiger partial charge in [-0.1, -0.05) is 62.2 Å². The van der Waals surface area contributed by atoms with Gasteiger partial charge < -0.3 is 0 Å². The molecule has 0 saturated heterocycles. The van der Waals surface area contributed by atoms with Crippen molar-refractivity contribution in [3.63, 3.8) is 0 Å². The Hall–Kier alpha value is -1.76. The highest BCUT2D eigenvalue weighted by Crippen LogP contribution is 2.31. The van der Waals surface area contributed by atoms with Crippen LogP contribution < -0.4 is 0 Å². The van der Waals surface area contributed by atoms with E-state index in [0.29, 0.717) is 0 Å². The van der Waals surface area contributed by atoms with Gasteiger partial charge in [0.25, 0.3) is 0 Å². The third kappa shape index (κ3) is 2.92. The van der Waals surface area contributed by atoms with Crippen LogP contribution in [0, 0.1) is 0 Å².